The van der Waals surface area contributed by atoms with Crippen molar-refractivity contribution < 1.29 is 33.8 Å². The quantitative estimate of drug-likeness (QED) is 0.213. The van der Waals surface area contributed by atoms with Crippen LogP contribution in [0.15, 0.2) is 66.4 Å². The number of benzene rings is 3. The first-order valence-corrected chi connectivity index (χ1v) is 13.2. The number of aryl methyl sites for hydroxylation is 1. The van der Waals surface area contributed by atoms with Gasteiger partial charge < -0.3 is 25.2 Å². The summed E-state index contributed by atoms with van der Waals surface area (Å²) in [5.74, 6) is -1.69. The Kier molecular flexibility index (Phi) is 9.26. The summed E-state index contributed by atoms with van der Waals surface area (Å²) in [6.45, 7) is 3.61. The van der Waals surface area contributed by atoms with Crippen LogP contribution in [0.4, 0.5) is 10.5 Å². The summed E-state index contributed by atoms with van der Waals surface area (Å²) in [5.41, 5.74) is 2.72. The first kappa shape index (κ1) is 29.2. The van der Waals surface area contributed by atoms with Crippen LogP contribution in [0.2, 0.25) is 5.02 Å². The lowest BCUT2D eigenvalue weighted by Crippen LogP contribution is -2.38. The highest BCUT2D eigenvalue weighted by molar-refractivity contribution is 6.32. The summed E-state index contributed by atoms with van der Waals surface area (Å²) in [6, 6.07) is 16.0. The third-order valence-electron chi connectivity index (χ3n) is 6.14. The molecule has 0 radical (unpaired) electrons. The summed E-state index contributed by atoms with van der Waals surface area (Å²) in [7, 11) is 0. The second-order valence-electron chi connectivity index (χ2n) is 9.00. The minimum atomic E-state index is -1.05. The molecule has 0 aromatic heterocycles. The van der Waals surface area contributed by atoms with Crippen LogP contribution in [0.1, 0.15) is 40.9 Å². The van der Waals surface area contributed by atoms with Gasteiger partial charge in [0.25, 0.3) is 5.91 Å². The number of para-hydroxylation sites is 1. The molecule has 0 saturated carbocycles. The fourth-order valence-corrected chi connectivity index (χ4v) is 4.46. The molecule has 1 aliphatic heterocycles. The molecule has 4 rings (SSSR count). The number of imide groups is 1. The van der Waals surface area contributed by atoms with E-state index in [0.29, 0.717) is 35.6 Å². The van der Waals surface area contributed by atoms with Gasteiger partial charge in [0, 0.05) is 5.69 Å². The summed E-state index contributed by atoms with van der Waals surface area (Å²) >= 11 is 6.50. The molecule has 0 spiro atoms. The first-order valence-electron chi connectivity index (χ1n) is 12.8. The molecule has 41 heavy (non-hydrogen) atoms. The highest BCUT2D eigenvalue weighted by Crippen LogP contribution is 2.38. The Morgan fingerprint density at radius 3 is 2.56 bits per heavy atom. The Bertz CT molecular complexity index is 1540. The number of carboxylic acid groups (broad SMARTS) is 1. The number of halogens is 1. The number of hydrogen-bond donors (Lipinski definition) is 3. The van der Waals surface area contributed by atoms with Crippen molar-refractivity contribution in [2.75, 3.05) is 18.5 Å². The number of nitrogens with zero attached hydrogens (tertiary/aromatic N) is 1. The molecule has 0 unspecified atom stereocenters. The minimum absolute atomic E-state index is 0.0329. The van der Waals surface area contributed by atoms with Crippen LogP contribution in [0, 0.1) is 0 Å². The molecule has 1 heterocycles. The van der Waals surface area contributed by atoms with Gasteiger partial charge in [0.05, 0.1) is 17.2 Å². The topological polar surface area (TPSA) is 134 Å². The molecule has 3 aromatic carbocycles. The molecule has 4 amide bonds. The molecule has 3 aromatic rings. The third kappa shape index (κ3) is 7.03. The predicted octanol–water partition coefficient (Wildman–Crippen LogP) is 5.11. The molecule has 1 fully saturated rings. The summed E-state index contributed by atoms with van der Waals surface area (Å²) in [5, 5.41) is 14.6. The molecule has 0 bridgehead atoms. The molecule has 11 heteroatoms. The second kappa shape index (κ2) is 13.0. The summed E-state index contributed by atoms with van der Waals surface area (Å²) < 4.78 is 11.6. The highest BCUT2D eigenvalue weighted by atomic mass is 35.5. The smallest absolute Gasteiger partial charge is 0.335 e. The molecular weight excluding hydrogens is 550 g/mol. The van der Waals surface area contributed by atoms with E-state index >= 15 is 0 Å². The maximum Gasteiger partial charge on any atom is 0.335 e. The van der Waals surface area contributed by atoms with E-state index in [-0.39, 0.29) is 28.6 Å². The van der Waals surface area contributed by atoms with Crippen molar-refractivity contribution in [2.45, 2.75) is 26.9 Å². The number of rotatable bonds is 11. The third-order valence-corrected chi connectivity index (χ3v) is 6.42. The van der Waals surface area contributed by atoms with Crippen LogP contribution >= 0.6 is 11.6 Å². The Balaban J connectivity index is 1.49. The van der Waals surface area contributed by atoms with Crippen molar-refractivity contribution in [2.24, 2.45) is 0 Å². The molecule has 0 atom stereocenters. The standard InChI is InChI=1S/C30H28ClN3O7/c1-3-20-9-5-6-11-23(20)32-26(35)16-34-28(36)24(33-30(34)39)14-19-13-22(31)27(25(15-19)40-4-2)41-17-18-8-7-10-21(12-18)29(37)38/h5-15H,3-4,16-17H2,1-2H3,(H,32,35)(H,33,39)(H,37,38)/b24-14+. The zero-order valence-electron chi connectivity index (χ0n) is 22.4. The van der Waals surface area contributed by atoms with E-state index < -0.39 is 30.4 Å². The van der Waals surface area contributed by atoms with Gasteiger partial charge in [0.2, 0.25) is 5.91 Å². The first-order chi connectivity index (χ1) is 19.7. The van der Waals surface area contributed by atoms with Crippen LogP contribution in [0.5, 0.6) is 11.5 Å². The van der Waals surface area contributed by atoms with E-state index in [1.165, 1.54) is 24.3 Å². The number of anilines is 1. The Morgan fingerprint density at radius 2 is 1.83 bits per heavy atom. The van der Waals surface area contributed by atoms with Crippen molar-refractivity contribution in [3.05, 3.63) is 93.6 Å². The maximum absolute atomic E-state index is 13.0. The minimum Gasteiger partial charge on any atom is -0.490 e. The molecular formula is C30H28ClN3O7. The van der Waals surface area contributed by atoms with Crippen LogP contribution in [0.3, 0.4) is 0 Å². The lowest BCUT2D eigenvalue weighted by atomic mass is 10.1. The van der Waals surface area contributed by atoms with Gasteiger partial charge in [-0.2, -0.15) is 0 Å². The van der Waals surface area contributed by atoms with E-state index in [0.717, 1.165) is 10.5 Å². The zero-order chi connectivity index (χ0) is 29.5. The highest BCUT2D eigenvalue weighted by Gasteiger charge is 2.35. The van der Waals surface area contributed by atoms with Gasteiger partial charge >= 0.3 is 12.0 Å². The number of nitrogens with one attached hydrogen (secondary N) is 2. The number of ether oxygens (including phenoxy) is 2. The number of aromatic carboxylic acids is 1. The molecule has 10 nitrogen and oxygen atoms in total. The Hall–Kier alpha value is -4.83. The molecule has 3 N–H and O–H groups in total. The summed E-state index contributed by atoms with van der Waals surface area (Å²) in [4.78, 5) is 50.2. The molecule has 1 saturated heterocycles. The maximum atomic E-state index is 13.0. The normalized spacial score (nSPS) is 13.7. The SMILES string of the molecule is CCOc1cc(/C=C2/NC(=O)N(CC(=O)Nc3ccccc3CC)C2=O)cc(Cl)c1OCc1cccc(C(=O)O)c1. The van der Waals surface area contributed by atoms with E-state index in [1.54, 1.807) is 37.3 Å². The van der Waals surface area contributed by atoms with Crippen molar-refractivity contribution in [1.29, 1.82) is 0 Å². The van der Waals surface area contributed by atoms with Crippen molar-refractivity contribution >= 4 is 47.2 Å². The van der Waals surface area contributed by atoms with Gasteiger partial charge in [-0.1, -0.05) is 48.9 Å². The number of amides is 4. The van der Waals surface area contributed by atoms with Crippen molar-refractivity contribution in [1.82, 2.24) is 10.2 Å². The Morgan fingerprint density at radius 1 is 1.05 bits per heavy atom. The molecule has 0 aliphatic carbocycles. The Labute approximate surface area is 241 Å². The lowest BCUT2D eigenvalue weighted by Gasteiger charge is -2.15. The summed E-state index contributed by atoms with van der Waals surface area (Å²) in [6.07, 6.45) is 2.14. The van der Waals surface area contributed by atoms with Crippen LogP contribution in [-0.2, 0) is 22.6 Å². The number of hydrogen-bond acceptors (Lipinski definition) is 6. The molecule has 1 aliphatic rings. The molecule has 212 valence electrons. The number of carbonyl (C=O) groups is 4. The van der Waals surface area contributed by atoms with E-state index in [1.807, 2.05) is 19.1 Å². The van der Waals surface area contributed by atoms with Crippen LogP contribution in [0.25, 0.3) is 6.08 Å². The zero-order valence-corrected chi connectivity index (χ0v) is 23.2. The van der Waals surface area contributed by atoms with E-state index in [2.05, 4.69) is 10.6 Å². The van der Waals surface area contributed by atoms with Crippen molar-refractivity contribution in [3.8, 4) is 11.5 Å². The second-order valence-corrected chi connectivity index (χ2v) is 9.40. The number of carboxylic acids is 1. The lowest BCUT2D eigenvalue weighted by molar-refractivity contribution is -0.127. The van der Waals surface area contributed by atoms with Crippen molar-refractivity contribution in [3.63, 3.8) is 0 Å². The van der Waals surface area contributed by atoms with Gasteiger partial charge in [0.15, 0.2) is 11.5 Å². The van der Waals surface area contributed by atoms with E-state index in [4.69, 9.17) is 21.1 Å². The monoisotopic (exact) mass is 577 g/mol. The number of carbonyl (C=O) groups excluding carboxylic acids is 3. The largest absolute Gasteiger partial charge is 0.490 e. The van der Waals surface area contributed by atoms with Gasteiger partial charge in [-0.15, -0.1) is 0 Å². The van der Waals surface area contributed by atoms with E-state index in [9.17, 15) is 24.3 Å². The number of urea groups is 1. The fraction of sp³-hybridized carbons (Fsp3) is 0.200. The van der Waals surface area contributed by atoms with Gasteiger partial charge in [-0.25, -0.2) is 14.5 Å². The van der Waals surface area contributed by atoms with Gasteiger partial charge in [-0.05, 0) is 66.4 Å². The van der Waals surface area contributed by atoms with Gasteiger partial charge in [0.1, 0.15) is 18.8 Å². The van der Waals surface area contributed by atoms with Gasteiger partial charge in [-0.3, -0.25) is 9.59 Å². The van der Waals surface area contributed by atoms with Crippen LogP contribution in [-0.4, -0.2) is 47.0 Å². The van der Waals surface area contributed by atoms with Crippen LogP contribution < -0.4 is 20.1 Å². The fourth-order valence-electron chi connectivity index (χ4n) is 4.19. The average Bonchev–Trinajstić information content (AvgIpc) is 3.20. The predicted molar refractivity (Wildman–Crippen MR) is 153 cm³/mol. The average molecular weight is 578 g/mol.